The van der Waals surface area contributed by atoms with Gasteiger partial charge in [0.05, 0.1) is 12.5 Å². The lowest BCUT2D eigenvalue weighted by Gasteiger charge is -2.46. The van der Waals surface area contributed by atoms with Crippen molar-refractivity contribution in [1.29, 1.82) is 5.26 Å². The van der Waals surface area contributed by atoms with Crippen molar-refractivity contribution >= 4 is 5.91 Å². The van der Waals surface area contributed by atoms with Crippen LogP contribution in [0.3, 0.4) is 0 Å². The third-order valence-corrected chi connectivity index (χ3v) is 4.06. The number of carbonyl (C=O) groups is 1. The summed E-state index contributed by atoms with van der Waals surface area (Å²) in [6.07, 6.45) is 2.04. The average molecular weight is 299 g/mol. The largest absolute Gasteiger partial charge is 0.349 e. The number of hydrogen-bond acceptors (Lipinski definition) is 3. The topological polar surface area (TPSA) is 64.9 Å². The Hall–Kier alpha value is -1.86. The van der Waals surface area contributed by atoms with Crippen molar-refractivity contribution in [1.82, 2.24) is 10.6 Å². The molecule has 0 spiro atoms. The quantitative estimate of drug-likeness (QED) is 0.902. The van der Waals surface area contributed by atoms with Gasteiger partial charge in [0.2, 0.25) is 0 Å². The maximum absolute atomic E-state index is 12.6. The number of hydrogen-bond donors (Lipinski definition) is 2. The molecule has 0 unspecified atom stereocenters. The molecule has 1 heterocycles. The average Bonchev–Trinajstić information content (AvgIpc) is 2.35. The summed E-state index contributed by atoms with van der Waals surface area (Å²) in [4.78, 5) is 12.6. The number of carbonyl (C=O) groups excluding carboxylic acids is 1. The minimum atomic E-state index is -0.0793. The smallest absolute Gasteiger partial charge is 0.251 e. The highest BCUT2D eigenvalue weighted by molar-refractivity contribution is 5.96. The third kappa shape index (κ3) is 4.08. The summed E-state index contributed by atoms with van der Waals surface area (Å²) in [5, 5.41) is 15.7. The van der Waals surface area contributed by atoms with Crippen LogP contribution in [0.1, 0.15) is 56.5 Å². The van der Waals surface area contributed by atoms with E-state index in [2.05, 4.69) is 44.4 Å². The normalized spacial score (nSPS) is 20.1. The number of nitrogens with zero attached hydrogens (tertiary/aromatic N) is 1. The zero-order valence-corrected chi connectivity index (χ0v) is 13.9. The molecule has 0 radical (unpaired) electrons. The fraction of sp³-hybridized carbons (Fsp3) is 0.556. The standard InChI is InChI=1S/C18H25N3O/c1-17(2)11-14(12-18(3,4)21-17)20-16(22)15-8-6-5-7-13(15)9-10-19/h5-8,14,21H,9,11-12H2,1-4H3,(H,20,22). The highest BCUT2D eigenvalue weighted by Crippen LogP contribution is 2.28. The van der Waals surface area contributed by atoms with Crippen molar-refractivity contribution in [3.05, 3.63) is 35.4 Å². The Balaban J connectivity index is 2.14. The van der Waals surface area contributed by atoms with E-state index in [1.165, 1.54) is 0 Å². The minimum Gasteiger partial charge on any atom is -0.349 e. The fourth-order valence-electron chi connectivity index (χ4n) is 3.67. The number of amides is 1. The zero-order chi connectivity index (χ0) is 16.4. The second-order valence-electron chi connectivity index (χ2n) is 7.46. The molecule has 1 aliphatic heterocycles. The molecule has 1 aromatic rings. The molecule has 1 aliphatic rings. The van der Waals surface area contributed by atoms with E-state index in [0.29, 0.717) is 5.56 Å². The molecule has 4 nitrogen and oxygen atoms in total. The van der Waals surface area contributed by atoms with Gasteiger partial charge >= 0.3 is 0 Å². The molecule has 22 heavy (non-hydrogen) atoms. The van der Waals surface area contributed by atoms with Gasteiger partial charge in [-0.05, 0) is 52.2 Å². The second kappa shape index (κ2) is 6.10. The van der Waals surface area contributed by atoms with Gasteiger partial charge in [0.1, 0.15) is 0 Å². The first-order valence-electron chi connectivity index (χ1n) is 7.77. The molecule has 1 fully saturated rings. The molecule has 0 saturated carbocycles. The molecule has 118 valence electrons. The second-order valence-corrected chi connectivity index (χ2v) is 7.46. The van der Waals surface area contributed by atoms with Crippen LogP contribution in [-0.2, 0) is 6.42 Å². The molecule has 1 amide bonds. The van der Waals surface area contributed by atoms with Crippen molar-refractivity contribution in [3.8, 4) is 6.07 Å². The van der Waals surface area contributed by atoms with Crippen molar-refractivity contribution in [2.75, 3.05) is 0 Å². The summed E-state index contributed by atoms with van der Waals surface area (Å²) in [5.74, 6) is -0.0793. The summed E-state index contributed by atoms with van der Waals surface area (Å²) in [5.41, 5.74) is 1.38. The van der Waals surface area contributed by atoms with Crippen LogP contribution in [0.25, 0.3) is 0 Å². The van der Waals surface area contributed by atoms with Crippen molar-refractivity contribution in [3.63, 3.8) is 0 Å². The third-order valence-electron chi connectivity index (χ3n) is 4.06. The number of piperidine rings is 1. The van der Waals surface area contributed by atoms with Crippen LogP contribution in [0.4, 0.5) is 0 Å². The van der Waals surface area contributed by atoms with E-state index in [1.807, 2.05) is 18.2 Å². The van der Waals surface area contributed by atoms with E-state index in [9.17, 15) is 4.79 Å². The number of nitrogens with one attached hydrogen (secondary N) is 2. The predicted molar refractivity (Wildman–Crippen MR) is 87.5 cm³/mol. The van der Waals surface area contributed by atoms with E-state index in [1.54, 1.807) is 6.07 Å². The molecule has 0 bridgehead atoms. The lowest BCUT2D eigenvalue weighted by molar-refractivity contribution is 0.0872. The van der Waals surface area contributed by atoms with Crippen LogP contribution in [0.15, 0.2) is 24.3 Å². The van der Waals surface area contributed by atoms with E-state index in [0.717, 1.165) is 18.4 Å². The number of nitriles is 1. The molecule has 0 aromatic heterocycles. The maximum atomic E-state index is 12.6. The van der Waals surface area contributed by atoms with Crippen LogP contribution in [0.5, 0.6) is 0 Å². The Morgan fingerprint density at radius 1 is 1.27 bits per heavy atom. The van der Waals surface area contributed by atoms with Crippen LogP contribution < -0.4 is 10.6 Å². The van der Waals surface area contributed by atoms with E-state index < -0.39 is 0 Å². The Labute approximate surface area is 132 Å². The number of rotatable bonds is 3. The molecular formula is C18H25N3O. The van der Waals surface area contributed by atoms with Crippen LogP contribution in [0.2, 0.25) is 0 Å². The van der Waals surface area contributed by atoms with E-state index in [-0.39, 0.29) is 29.4 Å². The lowest BCUT2D eigenvalue weighted by atomic mass is 9.79. The van der Waals surface area contributed by atoms with Crippen LogP contribution in [0, 0.1) is 11.3 Å². The molecule has 1 aromatic carbocycles. The monoisotopic (exact) mass is 299 g/mol. The first kappa shape index (κ1) is 16.5. The zero-order valence-electron chi connectivity index (χ0n) is 13.9. The maximum Gasteiger partial charge on any atom is 0.251 e. The van der Waals surface area contributed by atoms with Crippen molar-refractivity contribution in [2.45, 2.75) is 64.1 Å². The highest BCUT2D eigenvalue weighted by Gasteiger charge is 2.38. The molecule has 2 rings (SSSR count). The molecule has 4 heteroatoms. The van der Waals surface area contributed by atoms with Gasteiger partial charge in [-0.2, -0.15) is 5.26 Å². The van der Waals surface area contributed by atoms with Gasteiger partial charge in [-0.3, -0.25) is 4.79 Å². The Bertz CT molecular complexity index is 583. The molecular weight excluding hydrogens is 274 g/mol. The van der Waals surface area contributed by atoms with Gasteiger partial charge in [-0.25, -0.2) is 0 Å². The van der Waals surface area contributed by atoms with Gasteiger partial charge in [0.25, 0.3) is 5.91 Å². The Kier molecular flexibility index (Phi) is 4.58. The summed E-state index contributed by atoms with van der Waals surface area (Å²) in [6.45, 7) is 8.65. The Morgan fingerprint density at radius 3 is 2.45 bits per heavy atom. The first-order valence-corrected chi connectivity index (χ1v) is 7.77. The van der Waals surface area contributed by atoms with Crippen molar-refractivity contribution < 1.29 is 4.79 Å². The van der Waals surface area contributed by atoms with Crippen LogP contribution >= 0.6 is 0 Å². The van der Waals surface area contributed by atoms with Crippen molar-refractivity contribution in [2.24, 2.45) is 0 Å². The fourth-order valence-corrected chi connectivity index (χ4v) is 3.67. The number of benzene rings is 1. The molecule has 2 N–H and O–H groups in total. The summed E-state index contributed by atoms with van der Waals surface area (Å²) in [6, 6.07) is 9.59. The van der Waals surface area contributed by atoms with Gasteiger partial charge in [-0.1, -0.05) is 18.2 Å². The minimum absolute atomic E-state index is 0.00807. The van der Waals surface area contributed by atoms with E-state index >= 15 is 0 Å². The first-order chi connectivity index (χ1) is 10.2. The highest BCUT2D eigenvalue weighted by atomic mass is 16.1. The van der Waals surface area contributed by atoms with Gasteiger partial charge in [0.15, 0.2) is 0 Å². The van der Waals surface area contributed by atoms with Gasteiger partial charge < -0.3 is 10.6 Å². The summed E-state index contributed by atoms with van der Waals surface area (Å²) in [7, 11) is 0. The van der Waals surface area contributed by atoms with Crippen LogP contribution in [-0.4, -0.2) is 23.0 Å². The Morgan fingerprint density at radius 2 is 1.86 bits per heavy atom. The SMILES string of the molecule is CC1(C)CC(NC(=O)c2ccccc2CC#N)CC(C)(C)N1. The predicted octanol–water partition coefficient (Wildman–Crippen LogP) is 2.79. The lowest BCUT2D eigenvalue weighted by Crippen LogP contribution is -2.62. The molecule has 0 aliphatic carbocycles. The summed E-state index contributed by atoms with van der Waals surface area (Å²) >= 11 is 0. The van der Waals surface area contributed by atoms with Gasteiger partial charge in [-0.15, -0.1) is 0 Å². The molecule has 1 saturated heterocycles. The van der Waals surface area contributed by atoms with Gasteiger partial charge in [0, 0.05) is 22.7 Å². The molecule has 0 atom stereocenters. The summed E-state index contributed by atoms with van der Waals surface area (Å²) < 4.78 is 0. The van der Waals surface area contributed by atoms with E-state index in [4.69, 9.17) is 5.26 Å².